The van der Waals surface area contributed by atoms with Gasteiger partial charge in [-0.15, -0.1) is 0 Å². The summed E-state index contributed by atoms with van der Waals surface area (Å²) in [5.41, 5.74) is 0.371. The number of hydrogen-bond donors (Lipinski definition) is 0. The van der Waals surface area contributed by atoms with E-state index in [0.29, 0.717) is 36.4 Å². The zero-order valence-electron chi connectivity index (χ0n) is 12.0. The van der Waals surface area contributed by atoms with E-state index in [1.165, 1.54) is 7.11 Å². The van der Waals surface area contributed by atoms with Gasteiger partial charge in [0.05, 0.1) is 19.3 Å². The van der Waals surface area contributed by atoms with Crippen LogP contribution in [0, 0.1) is 0 Å². The van der Waals surface area contributed by atoms with Gasteiger partial charge in [-0.2, -0.15) is 0 Å². The SMILES string of the molecule is CCCC(Oc1cc(OC)ccc1C=O)C(=O)OCC. The maximum atomic E-state index is 11.8. The van der Waals surface area contributed by atoms with Crippen LogP contribution in [0.1, 0.15) is 37.0 Å². The summed E-state index contributed by atoms with van der Waals surface area (Å²) >= 11 is 0. The molecule has 5 nitrogen and oxygen atoms in total. The van der Waals surface area contributed by atoms with Crippen LogP contribution >= 0.6 is 0 Å². The van der Waals surface area contributed by atoms with E-state index < -0.39 is 12.1 Å². The maximum absolute atomic E-state index is 11.8. The molecule has 1 unspecified atom stereocenters. The zero-order chi connectivity index (χ0) is 15.0. The largest absolute Gasteiger partial charge is 0.497 e. The molecule has 0 aliphatic carbocycles. The van der Waals surface area contributed by atoms with Crippen LogP contribution in [-0.4, -0.2) is 32.1 Å². The molecule has 5 heteroatoms. The number of carbonyl (C=O) groups excluding carboxylic acids is 2. The van der Waals surface area contributed by atoms with Gasteiger partial charge in [-0.05, 0) is 25.5 Å². The summed E-state index contributed by atoms with van der Waals surface area (Å²) in [5.74, 6) is 0.463. The predicted molar refractivity (Wildman–Crippen MR) is 74.3 cm³/mol. The smallest absolute Gasteiger partial charge is 0.347 e. The molecule has 0 aliphatic rings. The van der Waals surface area contributed by atoms with Gasteiger partial charge in [-0.1, -0.05) is 13.3 Å². The fourth-order valence-electron chi connectivity index (χ4n) is 1.72. The summed E-state index contributed by atoms with van der Waals surface area (Å²) in [4.78, 5) is 22.8. The highest BCUT2D eigenvalue weighted by Gasteiger charge is 2.22. The fraction of sp³-hybridized carbons (Fsp3) is 0.467. The van der Waals surface area contributed by atoms with Gasteiger partial charge >= 0.3 is 5.97 Å². The van der Waals surface area contributed by atoms with Gasteiger partial charge in [-0.25, -0.2) is 4.79 Å². The van der Waals surface area contributed by atoms with Crippen molar-refractivity contribution >= 4 is 12.3 Å². The Bertz CT molecular complexity index is 456. The van der Waals surface area contributed by atoms with Crippen molar-refractivity contribution in [3.8, 4) is 11.5 Å². The summed E-state index contributed by atoms with van der Waals surface area (Å²) in [7, 11) is 1.52. The van der Waals surface area contributed by atoms with E-state index in [0.717, 1.165) is 6.42 Å². The highest BCUT2D eigenvalue weighted by molar-refractivity contribution is 5.81. The lowest BCUT2D eigenvalue weighted by Crippen LogP contribution is -2.29. The highest BCUT2D eigenvalue weighted by atomic mass is 16.6. The van der Waals surface area contributed by atoms with E-state index in [-0.39, 0.29) is 0 Å². The summed E-state index contributed by atoms with van der Waals surface area (Å²) in [5, 5.41) is 0. The van der Waals surface area contributed by atoms with Crippen LogP contribution in [0.5, 0.6) is 11.5 Å². The van der Waals surface area contributed by atoms with Crippen molar-refractivity contribution in [2.24, 2.45) is 0 Å². The average Bonchev–Trinajstić information content (AvgIpc) is 2.46. The minimum Gasteiger partial charge on any atom is -0.497 e. The number of hydrogen-bond acceptors (Lipinski definition) is 5. The van der Waals surface area contributed by atoms with Crippen molar-refractivity contribution in [1.82, 2.24) is 0 Å². The number of esters is 1. The molecule has 0 amide bonds. The molecule has 1 rings (SSSR count). The molecule has 110 valence electrons. The first-order chi connectivity index (χ1) is 9.65. The van der Waals surface area contributed by atoms with Gasteiger partial charge in [0.2, 0.25) is 0 Å². The van der Waals surface area contributed by atoms with Crippen molar-refractivity contribution in [1.29, 1.82) is 0 Å². The topological polar surface area (TPSA) is 61.8 Å². The van der Waals surface area contributed by atoms with E-state index in [9.17, 15) is 9.59 Å². The first-order valence-corrected chi connectivity index (χ1v) is 6.62. The third-order valence-corrected chi connectivity index (χ3v) is 2.72. The normalized spacial score (nSPS) is 11.6. The third-order valence-electron chi connectivity index (χ3n) is 2.72. The van der Waals surface area contributed by atoms with E-state index in [1.54, 1.807) is 25.1 Å². The Morgan fingerprint density at radius 3 is 2.65 bits per heavy atom. The van der Waals surface area contributed by atoms with Gasteiger partial charge < -0.3 is 14.2 Å². The lowest BCUT2D eigenvalue weighted by atomic mass is 10.2. The second-order valence-corrected chi connectivity index (χ2v) is 4.17. The minimum atomic E-state index is -0.717. The van der Waals surface area contributed by atoms with Gasteiger partial charge in [-0.3, -0.25) is 4.79 Å². The van der Waals surface area contributed by atoms with Crippen LogP contribution in [0.3, 0.4) is 0 Å². The van der Waals surface area contributed by atoms with Gasteiger partial charge in [0.15, 0.2) is 12.4 Å². The molecular formula is C15H20O5. The van der Waals surface area contributed by atoms with E-state index in [4.69, 9.17) is 14.2 Å². The van der Waals surface area contributed by atoms with E-state index >= 15 is 0 Å². The van der Waals surface area contributed by atoms with Crippen molar-refractivity contribution in [2.75, 3.05) is 13.7 Å². The molecule has 0 radical (unpaired) electrons. The molecule has 0 fully saturated rings. The van der Waals surface area contributed by atoms with Gasteiger partial charge in [0, 0.05) is 6.07 Å². The molecule has 0 bridgehead atoms. The molecule has 0 saturated heterocycles. The Labute approximate surface area is 118 Å². The number of benzene rings is 1. The molecule has 0 aromatic heterocycles. The number of ether oxygens (including phenoxy) is 3. The minimum absolute atomic E-state index is 0.293. The predicted octanol–water partition coefficient (Wildman–Crippen LogP) is 2.62. The molecule has 0 spiro atoms. The Kier molecular flexibility index (Phi) is 6.56. The van der Waals surface area contributed by atoms with Crippen molar-refractivity contribution in [2.45, 2.75) is 32.8 Å². The van der Waals surface area contributed by atoms with Crippen LogP contribution < -0.4 is 9.47 Å². The summed E-state index contributed by atoms with van der Waals surface area (Å²) < 4.78 is 15.7. The molecule has 0 heterocycles. The molecule has 0 aliphatic heterocycles. The summed E-state index contributed by atoms with van der Waals surface area (Å²) in [6.45, 7) is 3.98. The lowest BCUT2D eigenvalue weighted by molar-refractivity contribution is -0.151. The second-order valence-electron chi connectivity index (χ2n) is 4.17. The monoisotopic (exact) mass is 280 g/mol. The maximum Gasteiger partial charge on any atom is 0.347 e. The summed E-state index contributed by atoms with van der Waals surface area (Å²) in [6, 6.07) is 4.84. The Balaban J connectivity index is 2.96. The number of carbonyl (C=O) groups is 2. The lowest BCUT2D eigenvalue weighted by Gasteiger charge is -2.18. The summed E-state index contributed by atoms with van der Waals surface area (Å²) in [6.07, 6.45) is 1.26. The second kappa shape index (κ2) is 8.19. The third kappa shape index (κ3) is 4.26. The fourth-order valence-corrected chi connectivity index (χ4v) is 1.72. The molecule has 20 heavy (non-hydrogen) atoms. The zero-order valence-corrected chi connectivity index (χ0v) is 12.0. The quantitative estimate of drug-likeness (QED) is 0.541. The Hall–Kier alpha value is -2.04. The molecule has 1 atom stereocenters. The van der Waals surface area contributed by atoms with Crippen molar-refractivity contribution in [3.05, 3.63) is 23.8 Å². The number of aldehydes is 1. The highest BCUT2D eigenvalue weighted by Crippen LogP contribution is 2.25. The van der Waals surface area contributed by atoms with Crippen molar-refractivity contribution in [3.63, 3.8) is 0 Å². The Morgan fingerprint density at radius 2 is 2.10 bits per heavy atom. The molecule has 0 saturated carbocycles. The van der Waals surface area contributed by atoms with E-state index in [2.05, 4.69) is 0 Å². The van der Waals surface area contributed by atoms with Crippen LogP contribution in [-0.2, 0) is 9.53 Å². The average molecular weight is 280 g/mol. The van der Waals surface area contributed by atoms with Crippen LogP contribution in [0.4, 0.5) is 0 Å². The molecular weight excluding hydrogens is 260 g/mol. The standard InChI is InChI=1S/C15H20O5/c1-4-6-13(15(17)19-5-2)20-14-9-12(18-3)8-7-11(14)10-16/h7-10,13H,4-6H2,1-3H3. The van der Waals surface area contributed by atoms with Crippen LogP contribution in [0.2, 0.25) is 0 Å². The van der Waals surface area contributed by atoms with Crippen LogP contribution in [0.25, 0.3) is 0 Å². The van der Waals surface area contributed by atoms with Gasteiger partial charge in [0.25, 0.3) is 0 Å². The first-order valence-electron chi connectivity index (χ1n) is 6.62. The van der Waals surface area contributed by atoms with Crippen molar-refractivity contribution < 1.29 is 23.8 Å². The Morgan fingerprint density at radius 1 is 1.35 bits per heavy atom. The molecule has 1 aromatic rings. The van der Waals surface area contributed by atoms with E-state index in [1.807, 2.05) is 6.92 Å². The van der Waals surface area contributed by atoms with Gasteiger partial charge in [0.1, 0.15) is 11.5 Å². The molecule has 1 aromatic carbocycles. The number of methoxy groups -OCH3 is 1. The number of rotatable bonds is 8. The van der Waals surface area contributed by atoms with Crippen LogP contribution in [0.15, 0.2) is 18.2 Å². The first kappa shape index (κ1) is 16.0. The molecule has 0 N–H and O–H groups in total.